The summed E-state index contributed by atoms with van der Waals surface area (Å²) < 4.78 is 97.4. The molecule has 2 N–H and O–H groups in total. The summed E-state index contributed by atoms with van der Waals surface area (Å²) in [4.78, 5) is 26.4. The second-order valence-electron chi connectivity index (χ2n) is 13.0. The van der Waals surface area contributed by atoms with Crippen molar-refractivity contribution < 1.29 is 40.2 Å². The van der Waals surface area contributed by atoms with Crippen LogP contribution in [-0.4, -0.2) is 77.7 Å². The van der Waals surface area contributed by atoms with Gasteiger partial charge in [0, 0.05) is 48.6 Å². The van der Waals surface area contributed by atoms with Crippen molar-refractivity contribution in [2.24, 2.45) is 0 Å². The van der Waals surface area contributed by atoms with Crippen LogP contribution in [0.1, 0.15) is 46.1 Å². The molecule has 2 atom stereocenters. The maximum Gasteiger partial charge on any atom is 0.410 e. The van der Waals surface area contributed by atoms with Crippen LogP contribution in [0.2, 0.25) is 0 Å². The predicted molar refractivity (Wildman–Crippen MR) is 179 cm³/mol. The van der Waals surface area contributed by atoms with Crippen LogP contribution in [0, 0.1) is 12.7 Å². The number of benzene rings is 2. The molecule has 16 heteroatoms. The zero-order valence-electron chi connectivity index (χ0n) is 28.1. The zero-order chi connectivity index (χ0) is 36.4. The summed E-state index contributed by atoms with van der Waals surface area (Å²) in [5, 5.41) is 3.22. The Morgan fingerprint density at radius 1 is 1.04 bits per heavy atom. The molecule has 0 saturated carbocycles. The van der Waals surface area contributed by atoms with E-state index in [1.807, 2.05) is 4.72 Å². The summed E-state index contributed by atoms with van der Waals surface area (Å²) in [5.74, 6) is -4.06. The van der Waals surface area contributed by atoms with Gasteiger partial charge in [0.1, 0.15) is 28.2 Å². The van der Waals surface area contributed by atoms with Gasteiger partial charge in [0.25, 0.3) is 5.92 Å². The Balaban J connectivity index is 1.44. The van der Waals surface area contributed by atoms with E-state index < -0.39 is 63.5 Å². The van der Waals surface area contributed by atoms with E-state index in [0.717, 1.165) is 6.07 Å². The molecule has 1 fully saturated rings. The first kappa shape index (κ1) is 36.7. The molecule has 1 aliphatic heterocycles. The number of carbonyl (C=O) groups excluding carboxylic acids is 1. The highest BCUT2D eigenvalue weighted by Crippen LogP contribution is 2.39. The molecule has 50 heavy (non-hydrogen) atoms. The third-order valence-electron chi connectivity index (χ3n) is 7.84. The standard InChI is InChI=1S/C34H38F4N6O5S/c1-6-34(37,38)19-41-50(46,47)29-24-10-9-20(2)28(23(24)11-12-26(29)36)48-30-25(8-7-14-39-30)27-13-15-40-31(43-27)42-22-16-21(35)17-44(18-22)32(45)49-33(3,4)5/h7-15,21-22,41H,6,16-19H2,1-5H3,(H,40,42,43). The Kier molecular flexibility index (Phi) is 10.5. The highest BCUT2D eigenvalue weighted by atomic mass is 32.2. The van der Waals surface area contributed by atoms with Gasteiger partial charge in [0.05, 0.1) is 24.3 Å². The Morgan fingerprint density at radius 3 is 2.50 bits per heavy atom. The minimum atomic E-state index is -4.70. The van der Waals surface area contributed by atoms with Crippen molar-refractivity contribution in [1.29, 1.82) is 0 Å². The summed E-state index contributed by atoms with van der Waals surface area (Å²) in [6.45, 7) is 6.98. The lowest BCUT2D eigenvalue weighted by Crippen LogP contribution is -2.51. The Morgan fingerprint density at radius 2 is 1.78 bits per heavy atom. The van der Waals surface area contributed by atoms with Crippen LogP contribution in [0.5, 0.6) is 11.6 Å². The van der Waals surface area contributed by atoms with Gasteiger partial charge in [-0.05, 0) is 63.6 Å². The van der Waals surface area contributed by atoms with Crippen LogP contribution in [-0.2, 0) is 14.8 Å². The molecular formula is C34H38F4N6O5S. The van der Waals surface area contributed by atoms with Crippen molar-refractivity contribution in [3.63, 3.8) is 0 Å². The molecule has 11 nitrogen and oxygen atoms in total. The fraction of sp³-hybridized carbons (Fsp3) is 0.412. The molecule has 2 aromatic heterocycles. The maximum atomic E-state index is 15.1. The first-order chi connectivity index (χ1) is 23.5. The van der Waals surface area contributed by atoms with E-state index in [0.29, 0.717) is 16.8 Å². The van der Waals surface area contributed by atoms with E-state index in [1.54, 1.807) is 45.9 Å². The monoisotopic (exact) mass is 718 g/mol. The Labute approximate surface area is 287 Å². The number of hydrogen-bond acceptors (Lipinski definition) is 9. The van der Waals surface area contributed by atoms with Gasteiger partial charge in [-0.15, -0.1) is 0 Å². The number of amides is 1. The van der Waals surface area contributed by atoms with Gasteiger partial charge >= 0.3 is 6.09 Å². The molecule has 1 aliphatic rings. The summed E-state index contributed by atoms with van der Waals surface area (Å²) in [6, 6.07) is 9.60. The fourth-order valence-corrected chi connectivity index (χ4v) is 6.72. The van der Waals surface area contributed by atoms with Gasteiger partial charge in [-0.1, -0.05) is 19.1 Å². The first-order valence-corrected chi connectivity index (χ1v) is 17.4. The number of anilines is 1. The lowest BCUT2D eigenvalue weighted by atomic mass is 10.0. The summed E-state index contributed by atoms with van der Waals surface area (Å²) in [5.41, 5.74) is 0.592. The van der Waals surface area contributed by atoms with E-state index in [-0.39, 0.29) is 47.9 Å². The van der Waals surface area contributed by atoms with Crippen LogP contribution in [0.15, 0.2) is 59.8 Å². The number of nitrogens with one attached hydrogen (secondary N) is 2. The molecule has 3 heterocycles. The lowest BCUT2D eigenvalue weighted by molar-refractivity contribution is 0.00337. The van der Waals surface area contributed by atoms with E-state index in [1.165, 1.54) is 42.4 Å². The predicted octanol–water partition coefficient (Wildman–Crippen LogP) is 7.01. The fourth-order valence-electron chi connectivity index (χ4n) is 5.38. The quantitative estimate of drug-likeness (QED) is 0.166. The summed E-state index contributed by atoms with van der Waals surface area (Å²) in [6.07, 6.45) is 0.554. The molecule has 4 aromatic rings. The van der Waals surface area contributed by atoms with Crippen LogP contribution < -0.4 is 14.8 Å². The summed E-state index contributed by atoms with van der Waals surface area (Å²) >= 11 is 0. The van der Waals surface area contributed by atoms with Gasteiger partial charge in [-0.2, -0.15) is 0 Å². The number of halogens is 4. The third kappa shape index (κ3) is 8.59. The molecule has 1 saturated heterocycles. The minimum Gasteiger partial charge on any atom is -0.444 e. The van der Waals surface area contributed by atoms with Crippen LogP contribution >= 0.6 is 0 Å². The van der Waals surface area contributed by atoms with E-state index in [9.17, 15) is 26.4 Å². The highest BCUT2D eigenvalue weighted by molar-refractivity contribution is 7.89. The minimum absolute atomic E-state index is 0.0692. The molecule has 5 rings (SSSR count). The van der Waals surface area contributed by atoms with Crippen molar-refractivity contribution in [3.05, 3.63) is 66.2 Å². The second-order valence-corrected chi connectivity index (χ2v) is 14.7. The number of nitrogens with zero attached hydrogens (tertiary/aromatic N) is 4. The third-order valence-corrected chi connectivity index (χ3v) is 9.32. The van der Waals surface area contributed by atoms with E-state index >= 15 is 4.39 Å². The van der Waals surface area contributed by atoms with Crippen LogP contribution in [0.25, 0.3) is 22.0 Å². The first-order valence-electron chi connectivity index (χ1n) is 15.9. The number of sulfonamides is 1. The molecule has 1 amide bonds. The molecular weight excluding hydrogens is 680 g/mol. The van der Waals surface area contributed by atoms with Crippen molar-refractivity contribution in [1.82, 2.24) is 24.6 Å². The lowest BCUT2D eigenvalue weighted by Gasteiger charge is -2.36. The molecule has 2 unspecified atom stereocenters. The number of rotatable bonds is 10. The van der Waals surface area contributed by atoms with Gasteiger partial charge in [0.15, 0.2) is 0 Å². The Bertz CT molecular complexity index is 1990. The topological polar surface area (TPSA) is 136 Å². The van der Waals surface area contributed by atoms with E-state index in [4.69, 9.17) is 9.47 Å². The van der Waals surface area contributed by atoms with Crippen LogP contribution in [0.4, 0.5) is 28.3 Å². The number of fused-ring (bicyclic) bond motifs is 1. The van der Waals surface area contributed by atoms with Crippen molar-refractivity contribution in [2.75, 3.05) is 25.0 Å². The number of piperidine rings is 1. The normalized spacial score (nSPS) is 17.1. The number of ether oxygens (including phenoxy) is 2. The molecule has 2 aromatic carbocycles. The average molecular weight is 719 g/mol. The van der Waals surface area contributed by atoms with Gasteiger partial charge in [0.2, 0.25) is 21.9 Å². The van der Waals surface area contributed by atoms with Gasteiger partial charge in [-0.3, -0.25) is 0 Å². The number of aromatic nitrogens is 3. The number of likely N-dealkylation sites (tertiary alicyclic amines) is 1. The number of aryl methyl sites for hydroxylation is 1. The zero-order valence-corrected chi connectivity index (χ0v) is 29.0. The average Bonchev–Trinajstić information content (AvgIpc) is 3.04. The van der Waals surface area contributed by atoms with Gasteiger partial charge < -0.3 is 19.7 Å². The number of carbonyl (C=O) groups is 1. The highest BCUT2D eigenvalue weighted by Gasteiger charge is 2.34. The van der Waals surface area contributed by atoms with Gasteiger partial charge in [-0.25, -0.2) is 50.4 Å². The SMILES string of the molecule is CCC(F)(F)CNS(=O)(=O)c1c(F)ccc2c(Oc3ncccc3-c3ccnc(NC4CC(F)CN(C(=O)OC(C)(C)C)C4)n3)c(C)ccc12. The maximum absolute atomic E-state index is 15.1. The van der Waals surface area contributed by atoms with Crippen molar-refractivity contribution in [3.8, 4) is 22.9 Å². The van der Waals surface area contributed by atoms with Crippen molar-refractivity contribution >= 4 is 32.8 Å². The number of hydrogen-bond donors (Lipinski definition) is 2. The number of alkyl halides is 3. The Hall–Kier alpha value is -4.57. The molecule has 0 spiro atoms. The second kappa shape index (κ2) is 14.3. The smallest absolute Gasteiger partial charge is 0.410 e. The molecule has 0 radical (unpaired) electrons. The molecule has 268 valence electrons. The number of pyridine rings is 1. The molecule has 0 aliphatic carbocycles. The van der Waals surface area contributed by atoms with E-state index in [2.05, 4.69) is 20.3 Å². The summed E-state index contributed by atoms with van der Waals surface area (Å²) in [7, 11) is -4.70. The van der Waals surface area contributed by atoms with Crippen LogP contribution in [0.3, 0.4) is 0 Å². The largest absolute Gasteiger partial charge is 0.444 e. The van der Waals surface area contributed by atoms with Crippen molar-refractivity contribution in [2.45, 2.75) is 76.1 Å². The molecule has 0 bridgehead atoms.